The molecule has 0 aromatic heterocycles. The molecule has 4 heteroatoms. The molecule has 1 aliphatic heterocycles. The third kappa shape index (κ3) is 2.12. The second-order valence-electron chi connectivity index (χ2n) is 4.77. The Balaban J connectivity index is 1.96. The average molecular weight is 224 g/mol. The second kappa shape index (κ2) is 4.53. The van der Waals surface area contributed by atoms with Gasteiger partial charge in [-0.05, 0) is 25.7 Å². The molecule has 1 heterocycles. The van der Waals surface area contributed by atoms with Gasteiger partial charge in [-0.25, -0.2) is 0 Å². The van der Waals surface area contributed by atoms with Crippen molar-refractivity contribution in [3.63, 3.8) is 0 Å². The first-order chi connectivity index (χ1) is 7.67. The molecule has 1 atom stereocenters. The van der Waals surface area contributed by atoms with E-state index in [0.717, 1.165) is 25.7 Å². The molecule has 16 heavy (non-hydrogen) atoms. The molecule has 4 nitrogen and oxygen atoms in total. The zero-order valence-corrected chi connectivity index (χ0v) is 10.0. The summed E-state index contributed by atoms with van der Waals surface area (Å²) >= 11 is 0. The van der Waals surface area contributed by atoms with Gasteiger partial charge in [0.25, 0.3) is 0 Å². The summed E-state index contributed by atoms with van der Waals surface area (Å²) in [5.74, 6) is 0.00959. The highest BCUT2D eigenvalue weighted by molar-refractivity contribution is 6.06. The first kappa shape index (κ1) is 11.6. The van der Waals surface area contributed by atoms with Crippen molar-refractivity contribution in [1.82, 2.24) is 10.2 Å². The number of hydrogen-bond acceptors (Lipinski definition) is 3. The fourth-order valence-electron chi connectivity index (χ4n) is 2.31. The van der Waals surface area contributed by atoms with Crippen molar-refractivity contribution in [2.24, 2.45) is 0 Å². The molecule has 1 aliphatic carbocycles. The van der Waals surface area contributed by atoms with Crippen LogP contribution in [0.2, 0.25) is 0 Å². The number of hydrogen-bond donors (Lipinski definition) is 1. The van der Waals surface area contributed by atoms with Gasteiger partial charge in [0.1, 0.15) is 0 Å². The molecule has 1 saturated carbocycles. The second-order valence-corrected chi connectivity index (χ2v) is 4.77. The summed E-state index contributed by atoms with van der Waals surface area (Å²) in [6.07, 6.45) is 4.34. The smallest absolute Gasteiger partial charge is 0.247 e. The number of likely N-dealkylation sites (tertiary alicyclic amines) is 1. The summed E-state index contributed by atoms with van der Waals surface area (Å²) < 4.78 is 0. The number of imide groups is 1. The van der Waals surface area contributed by atoms with Crippen LogP contribution >= 0.6 is 0 Å². The van der Waals surface area contributed by atoms with E-state index in [1.54, 1.807) is 0 Å². The Morgan fingerprint density at radius 1 is 1.31 bits per heavy atom. The Morgan fingerprint density at radius 2 is 1.94 bits per heavy atom. The Hall–Kier alpha value is -0.900. The highest BCUT2D eigenvalue weighted by atomic mass is 16.2. The topological polar surface area (TPSA) is 49.4 Å². The molecule has 0 aromatic rings. The fourth-order valence-corrected chi connectivity index (χ4v) is 2.31. The number of nitrogens with one attached hydrogen (secondary N) is 1. The van der Waals surface area contributed by atoms with Gasteiger partial charge in [0.15, 0.2) is 0 Å². The predicted octanol–water partition coefficient (Wildman–Crippen LogP) is 1.05. The molecule has 1 unspecified atom stereocenters. The van der Waals surface area contributed by atoms with Crippen LogP contribution in [0.25, 0.3) is 0 Å². The van der Waals surface area contributed by atoms with Crippen molar-refractivity contribution in [2.45, 2.75) is 64.1 Å². The van der Waals surface area contributed by atoms with Crippen LogP contribution in [0.5, 0.6) is 0 Å². The van der Waals surface area contributed by atoms with Gasteiger partial charge in [0.05, 0.1) is 12.5 Å². The maximum atomic E-state index is 12.0. The minimum absolute atomic E-state index is 0.000556. The Labute approximate surface area is 96.4 Å². The molecular weight excluding hydrogens is 204 g/mol. The Kier molecular flexibility index (Phi) is 3.28. The lowest BCUT2D eigenvalue weighted by Gasteiger charge is -2.19. The predicted molar refractivity (Wildman–Crippen MR) is 60.8 cm³/mol. The van der Waals surface area contributed by atoms with E-state index >= 15 is 0 Å². The third-order valence-corrected chi connectivity index (χ3v) is 3.52. The van der Waals surface area contributed by atoms with Gasteiger partial charge in [0, 0.05) is 12.1 Å². The van der Waals surface area contributed by atoms with E-state index in [9.17, 15) is 9.59 Å². The maximum Gasteiger partial charge on any atom is 0.247 e. The summed E-state index contributed by atoms with van der Waals surface area (Å²) in [6.45, 7) is 4.20. The minimum Gasteiger partial charge on any atom is -0.303 e. The van der Waals surface area contributed by atoms with Gasteiger partial charge < -0.3 is 5.32 Å². The van der Waals surface area contributed by atoms with Crippen molar-refractivity contribution >= 4 is 11.8 Å². The van der Waals surface area contributed by atoms with Crippen molar-refractivity contribution in [1.29, 1.82) is 0 Å². The normalized spacial score (nSPS) is 25.9. The van der Waals surface area contributed by atoms with Crippen LogP contribution in [-0.4, -0.2) is 34.8 Å². The molecule has 90 valence electrons. The molecule has 0 spiro atoms. The molecule has 2 fully saturated rings. The van der Waals surface area contributed by atoms with Crippen LogP contribution in [-0.2, 0) is 9.59 Å². The first-order valence-corrected chi connectivity index (χ1v) is 6.29. The van der Waals surface area contributed by atoms with Gasteiger partial charge in [0.2, 0.25) is 11.8 Å². The SMILES string of the molecule is CCC(CC)NC1CC(=O)N(C2CC2)C1=O. The van der Waals surface area contributed by atoms with Crippen molar-refractivity contribution < 1.29 is 9.59 Å². The molecule has 2 rings (SSSR count). The summed E-state index contributed by atoms with van der Waals surface area (Å²) in [5.41, 5.74) is 0. The van der Waals surface area contributed by atoms with Gasteiger partial charge in [-0.2, -0.15) is 0 Å². The average Bonchev–Trinajstić information content (AvgIpc) is 3.04. The van der Waals surface area contributed by atoms with Crippen LogP contribution in [0.3, 0.4) is 0 Å². The van der Waals surface area contributed by atoms with Crippen molar-refractivity contribution in [2.75, 3.05) is 0 Å². The monoisotopic (exact) mass is 224 g/mol. The number of carbonyl (C=O) groups excluding carboxylic acids is 2. The van der Waals surface area contributed by atoms with Crippen molar-refractivity contribution in [3.05, 3.63) is 0 Å². The zero-order chi connectivity index (χ0) is 11.7. The molecule has 0 aromatic carbocycles. The highest BCUT2D eigenvalue weighted by Gasteiger charge is 2.46. The molecule has 1 N–H and O–H groups in total. The zero-order valence-electron chi connectivity index (χ0n) is 10.0. The van der Waals surface area contributed by atoms with Crippen LogP contribution in [0.1, 0.15) is 46.0 Å². The number of carbonyl (C=O) groups is 2. The van der Waals surface area contributed by atoms with Crippen LogP contribution in [0.4, 0.5) is 0 Å². The quantitative estimate of drug-likeness (QED) is 0.710. The lowest BCUT2D eigenvalue weighted by Crippen LogP contribution is -2.43. The summed E-state index contributed by atoms with van der Waals surface area (Å²) in [6, 6.07) is 0.299. The van der Waals surface area contributed by atoms with E-state index in [4.69, 9.17) is 0 Å². The van der Waals surface area contributed by atoms with E-state index in [-0.39, 0.29) is 23.9 Å². The van der Waals surface area contributed by atoms with Crippen molar-refractivity contribution in [3.8, 4) is 0 Å². The Morgan fingerprint density at radius 3 is 2.44 bits per heavy atom. The van der Waals surface area contributed by atoms with E-state index in [2.05, 4.69) is 19.2 Å². The van der Waals surface area contributed by atoms with E-state index in [1.165, 1.54) is 4.90 Å². The molecule has 2 aliphatic rings. The standard InChI is InChI=1S/C12H20N2O2/c1-3-8(4-2)13-10-7-11(15)14(12(10)16)9-5-6-9/h8-10,13H,3-7H2,1-2H3. The van der Waals surface area contributed by atoms with Crippen LogP contribution in [0, 0.1) is 0 Å². The molecule has 0 radical (unpaired) electrons. The van der Waals surface area contributed by atoms with E-state index in [0.29, 0.717) is 12.5 Å². The lowest BCUT2D eigenvalue weighted by molar-refractivity contribution is -0.139. The van der Waals surface area contributed by atoms with Crippen LogP contribution in [0.15, 0.2) is 0 Å². The number of amides is 2. The molecule has 0 bridgehead atoms. The minimum atomic E-state index is -0.266. The van der Waals surface area contributed by atoms with Crippen LogP contribution < -0.4 is 5.32 Å². The first-order valence-electron chi connectivity index (χ1n) is 6.29. The summed E-state index contributed by atoms with van der Waals surface area (Å²) in [4.78, 5) is 25.2. The highest BCUT2D eigenvalue weighted by Crippen LogP contribution is 2.31. The van der Waals surface area contributed by atoms with Gasteiger partial charge in [-0.1, -0.05) is 13.8 Å². The molecule has 1 saturated heterocycles. The van der Waals surface area contributed by atoms with E-state index < -0.39 is 0 Å². The largest absolute Gasteiger partial charge is 0.303 e. The summed E-state index contributed by atoms with van der Waals surface area (Å²) in [5, 5.41) is 3.30. The van der Waals surface area contributed by atoms with Gasteiger partial charge in [-0.3, -0.25) is 14.5 Å². The fraction of sp³-hybridized carbons (Fsp3) is 0.833. The number of nitrogens with zero attached hydrogens (tertiary/aromatic N) is 1. The molecular formula is C12H20N2O2. The lowest BCUT2D eigenvalue weighted by atomic mass is 10.1. The van der Waals surface area contributed by atoms with E-state index in [1.807, 2.05) is 0 Å². The number of rotatable bonds is 5. The Bertz CT molecular complexity index is 295. The third-order valence-electron chi connectivity index (χ3n) is 3.52. The maximum absolute atomic E-state index is 12.0. The molecule has 2 amide bonds. The van der Waals surface area contributed by atoms with Gasteiger partial charge >= 0.3 is 0 Å². The van der Waals surface area contributed by atoms with Gasteiger partial charge in [-0.15, -0.1) is 0 Å². The summed E-state index contributed by atoms with van der Waals surface area (Å²) in [7, 11) is 0.